The quantitative estimate of drug-likeness (QED) is 0.170. The number of rotatable bonds is 5. The lowest BCUT2D eigenvalue weighted by atomic mass is 9.66. The second kappa shape index (κ2) is 14.2. The van der Waals surface area contributed by atoms with Crippen molar-refractivity contribution in [3.05, 3.63) is 229 Å². The van der Waals surface area contributed by atoms with Crippen molar-refractivity contribution in [2.75, 3.05) is 4.90 Å². The van der Waals surface area contributed by atoms with Crippen molar-refractivity contribution in [1.29, 1.82) is 0 Å². The second-order valence-electron chi connectivity index (χ2n) is 16.0. The molecule has 2 aliphatic heterocycles. The van der Waals surface area contributed by atoms with E-state index < -0.39 is 5.41 Å². The fraction of sp³-hybridized carbons (Fsp3) is 0.0179. The lowest BCUT2D eigenvalue weighted by Crippen LogP contribution is -2.33. The van der Waals surface area contributed by atoms with E-state index in [-0.39, 0.29) is 0 Å². The first-order valence-corrected chi connectivity index (χ1v) is 21.2. The normalized spacial score (nSPS) is 14.8. The van der Waals surface area contributed by atoms with Crippen molar-refractivity contribution in [2.24, 2.45) is 0 Å². The van der Waals surface area contributed by atoms with Gasteiger partial charge in [0.05, 0.1) is 28.2 Å². The SMILES string of the molecule is c1ccc(-c2nc(-c3ccccc3)nc(-c3ccccc3-c3cnc4c(c3)C3(c5ccccc5Oc5c3ccc3c5Oc5ccccc5N3c3ccccc3)c3cccnc3-4)n2)cc1. The molecule has 7 aromatic carbocycles. The van der Waals surface area contributed by atoms with E-state index in [2.05, 4.69) is 89.8 Å². The van der Waals surface area contributed by atoms with Gasteiger partial charge in [-0.3, -0.25) is 9.97 Å². The number of ether oxygens (including phenoxy) is 2. The molecule has 1 unspecified atom stereocenters. The van der Waals surface area contributed by atoms with Gasteiger partial charge in [0, 0.05) is 57.0 Å². The van der Waals surface area contributed by atoms with Crippen LogP contribution in [0.1, 0.15) is 22.3 Å². The summed E-state index contributed by atoms with van der Waals surface area (Å²) in [6.45, 7) is 0. The van der Waals surface area contributed by atoms with Crippen molar-refractivity contribution >= 4 is 17.1 Å². The molecule has 0 amide bonds. The van der Waals surface area contributed by atoms with Crippen LogP contribution in [0.4, 0.5) is 17.1 Å². The maximum atomic E-state index is 7.06. The molecule has 1 spiro atoms. The van der Waals surface area contributed by atoms with E-state index in [1.807, 2.05) is 122 Å². The lowest BCUT2D eigenvalue weighted by molar-refractivity contribution is 0.391. The Morgan fingerprint density at radius 3 is 1.75 bits per heavy atom. The molecule has 1 aliphatic carbocycles. The van der Waals surface area contributed by atoms with Crippen molar-refractivity contribution in [1.82, 2.24) is 24.9 Å². The number of benzene rings is 7. The maximum absolute atomic E-state index is 7.06. The highest BCUT2D eigenvalue weighted by Gasteiger charge is 2.54. The molecule has 8 heteroatoms. The summed E-state index contributed by atoms with van der Waals surface area (Å²) in [7, 11) is 0. The highest BCUT2D eigenvalue weighted by atomic mass is 16.5. The van der Waals surface area contributed by atoms with E-state index in [1.165, 1.54) is 0 Å². The lowest BCUT2D eigenvalue weighted by Gasteiger charge is -2.41. The summed E-state index contributed by atoms with van der Waals surface area (Å²) in [6.07, 6.45) is 3.79. The van der Waals surface area contributed by atoms with E-state index in [1.54, 1.807) is 0 Å². The van der Waals surface area contributed by atoms with Gasteiger partial charge in [-0.05, 0) is 59.7 Å². The van der Waals surface area contributed by atoms with Gasteiger partial charge in [-0.15, -0.1) is 0 Å². The first kappa shape index (κ1) is 36.0. The summed E-state index contributed by atoms with van der Waals surface area (Å²) in [4.78, 5) is 27.8. The molecule has 3 aromatic heterocycles. The molecular weight excluding hydrogens is 789 g/mol. The second-order valence-corrected chi connectivity index (χ2v) is 16.0. The Bertz CT molecular complexity index is 3410. The summed E-state index contributed by atoms with van der Waals surface area (Å²) in [6, 6.07) is 66.0. The Hall–Kier alpha value is -8.75. The zero-order valence-corrected chi connectivity index (χ0v) is 34.1. The number of aromatic nitrogens is 5. The fourth-order valence-electron chi connectivity index (χ4n) is 9.73. The summed E-state index contributed by atoms with van der Waals surface area (Å²) >= 11 is 0. The number of pyridine rings is 2. The number of hydrogen-bond donors (Lipinski definition) is 0. The predicted octanol–water partition coefficient (Wildman–Crippen LogP) is 13.4. The van der Waals surface area contributed by atoms with Crippen LogP contribution in [0.25, 0.3) is 56.7 Å². The van der Waals surface area contributed by atoms with Gasteiger partial charge in [0.25, 0.3) is 0 Å². The number of fused-ring (bicyclic) bond motifs is 12. The van der Waals surface area contributed by atoms with Crippen molar-refractivity contribution in [3.63, 3.8) is 0 Å². The average molecular weight is 823 g/mol. The molecular formula is C56H34N6O2. The van der Waals surface area contributed by atoms with Gasteiger partial charge >= 0.3 is 0 Å². The average Bonchev–Trinajstić information content (AvgIpc) is 3.66. The van der Waals surface area contributed by atoms with Crippen molar-refractivity contribution in [3.8, 4) is 79.7 Å². The molecule has 0 saturated carbocycles. The first-order valence-electron chi connectivity index (χ1n) is 21.2. The minimum Gasteiger partial charge on any atom is -0.453 e. The largest absolute Gasteiger partial charge is 0.453 e. The molecule has 13 rings (SSSR count). The highest BCUT2D eigenvalue weighted by molar-refractivity contribution is 5.93. The summed E-state index contributed by atoms with van der Waals surface area (Å²) in [5.74, 6) is 4.52. The third-order valence-corrected chi connectivity index (χ3v) is 12.5. The molecule has 0 N–H and O–H groups in total. The van der Waals surface area contributed by atoms with Gasteiger partial charge in [0.1, 0.15) is 5.75 Å². The van der Waals surface area contributed by atoms with E-state index in [0.29, 0.717) is 29.0 Å². The standard InChI is InChI=1S/C56H34N6O2/c1-4-17-35(18-5-1)53-59-54(36-19-6-2-7-20-36)61-55(60-53)40-24-11-10-23-39(40)37-33-44-50(58-34-37)49-42(26-16-32-57-49)56(44)41-25-12-14-28-47(41)63-51-43(56)30-31-46-52(51)64-48-29-15-13-27-45(48)62(46)38-21-8-3-9-22-38/h1-34H. The van der Waals surface area contributed by atoms with E-state index in [4.69, 9.17) is 34.4 Å². The number of para-hydroxylation sites is 4. The van der Waals surface area contributed by atoms with E-state index in [9.17, 15) is 0 Å². The van der Waals surface area contributed by atoms with Crippen molar-refractivity contribution < 1.29 is 9.47 Å². The molecule has 0 radical (unpaired) electrons. The third-order valence-electron chi connectivity index (χ3n) is 12.5. The molecule has 5 heterocycles. The van der Waals surface area contributed by atoms with Crippen LogP contribution >= 0.6 is 0 Å². The Balaban J connectivity index is 1.04. The van der Waals surface area contributed by atoms with Crippen molar-refractivity contribution in [2.45, 2.75) is 5.41 Å². The zero-order valence-electron chi connectivity index (χ0n) is 34.1. The molecule has 64 heavy (non-hydrogen) atoms. The highest BCUT2D eigenvalue weighted by Crippen LogP contribution is 2.66. The minimum absolute atomic E-state index is 0.567. The fourth-order valence-corrected chi connectivity index (χ4v) is 9.73. The molecule has 3 aliphatic rings. The van der Waals surface area contributed by atoms with Gasteiger partial charge in [0.15, 0.2) is 34.7 Å². The monoisotopic (exact) mass is 822 g/mol. The molecule has 10 aromatic rings. The van der Waals surface area contributed by atoms with E-state index >= 15 is 0 Å². The Kier molecular flexibility index (Phi) is 7.95. The Labute approximate surface area is 368 Å². The number of nitrogens with zero attached hydrogens (tertiary/aromatic N) is 6. The van der Waals surface area contributed by atoms with Gasteiger partial charge < -0.3 is 14.4 Å². The Morgan fingerprint density at radius 2 is 0.984 bits per heavy atom. The molecule has 0 fully saturated rings. The summed E-state index contributed by atoms with van der Waals surface area (Å²) in [5.41, 5.74) is 12.1. The van der Waals surface area contributed by atoms with Crippen LogP contribution < -0.4 is 14.4 Å². The smallest absolute Gasteiger partial charge is 0.194 e. The topological polar surface area (TPSA) is 86.2 Å². The van der Waals surface area contributed by atoms with Crippen LogP contribution in [0.15, 0.2) is 207 Å². The first-order chi connectivity index (χ1) is 31.7. The van der Waals surface area contributed by atoms with Gasteiger partial charge in [-0.2, -0.15) is 0 Å². The maximum Gasteiger partial charge on any atom is 0.194 e. The molecule has 0 bridgehead atoms. The van der Waals surface area contributed by atoms with Gasteiger partial charge in [-0.25, -0.2) is 15.0 Å². The van der Waals surface area contributed by atoms with Gasteiger partial charge in [-0.1, -0.05) is 146 Å². The summed E-state index contributed by atoms with van der Waals surface area (Å²) < 4.78 is 14.0. The van der Waals surface area contributed by atoms with Crippen LogP contribution in [-0.2, 0) is 5.41 Å². The number of anilines is 3. The third kappa shape index (κ3) is 5.32. The van der Waals surface area contributed by atoms with Crippen LogP contribution in [0.5, 0.6) is 23.0 Å². The summed E-state index contributed by atoms with van der Waals surface area (Å²) in [5, 5.41) is 0. The minimum atomic E-state index is -0.873. The molecule has 300 valence electrons. The van der Waals surface area contributed by atoms with E-state index in [0.717, 1.165) is 90.0 Å². The molecule has 1 atom stereocenters. The van der Waals surface area contributed by atoms with Gasteiger partial charge in [0.2, 0.25) is 0 Å². The van der Waals surface area contributed by atoms with Crippen LogP contribution in [0.3, 0.4) is 0 Å². The zero-order chi connectivity index (χ0) is 42.2. The predicted molar refractivity (Wildman–Crippen MR) is 249 cm³/mol. The number of hydrogen-bond acceptors (Lipinski definition) is 8. The van der Waals surface area contributed by atoms with Crippen LogP contribution in [0, 0.1) is 0 Å². The van der Waals surface area contributed by atoms with Crippen LogP contribution in [-0.4, -0.2) is 24.9 Å². The molecule has 0 saturated heterocycles. The Morgan fingerprint density at radius 1 is 0.391 bits per heavy atom. The molecule has 8 nitrogen and oxygen atoms in total. The van der Waals surface area contributed by atoms with Crippen LogP contribution in [0.2, 0.25) is 0 Å².